The maximum absolute atomic E-state index is 5.85. The average molecular weight is 327 g/mol. The van der Waals surface area contributed by atoms with Crippen molar-refractivity contribution in [1.29, 1.82) is 0 Å². The van der Waals surface area contributed by atoms with Crippen LogP contribution in [0, 0.1) is 0 Å². The highest BCUT2D eigenvalue weighted by Crippen LogP contribution is 2.30. The molecule has 0 radical (unpaired) electrons. The van der Waals surface area contributed by atoms with Crippen LogP contribution in [0.15, 0.2) is 65.1 Å². The van der Waals surface area contributed by atoms with Crippen LogP contribution in [-0.2, 0) is 0 Å². The van der Waals surface area contributed by atoms with Crippen molar-refractivity contribution in [3.63, 3.8) is 0 Å². The van der Waals surface area contributed by atoms with Crippen molar-refractivity contribution in [3.05, 3.63) is 66.3 Å². The molecular formula is C18H15BrO. The van der Waals surface area contributed by atoms with E-state index < -0.39 is 0 Å². The van der Waals surface area contributed by atoms with Gasteiger partial charge in [-0.15, -0.1) is 0 Å². The van der Waals surface area contributed by atoms with E-state index in [-0.39, 0.29) is 0 Å². The van der Waals surface area contributed by atoms with Gasteiger partial charge in [-0.05, 0) is 36.3 Å². The molecule has 0 aliphatic rings. The first kappa shape index (κ1) is 13.2. The quantitative estimate of drug-likeness (QED) is 0.428. The van der Waals surface area contributed by atoms with Crippen LogP contribution in [0.4, 0.5) is 0 Å². The van der Waals surface area contributed by atoms with Crippen LogP contribution >= 0.6 is 15.9 Å². The van der Waals surface area contributed by atoms with Gasteiger partial charge in [-0.25, -0.2) is 0 Å². The topological polar surface area (TPSA) is 13.1 Å². The fourth-order valence-electron chi connectivity index (χ4n) is 2.33. The molecule has 0 saturated heterocycles. The number of alkyl halides is 1. The molecule has 0 aliphatic carbocycles. The summed E-state index contributed by atoms with van der Waals surface area (Å²) in [6.07, 6.45) is 6.28. The van der Waals surface area contributed by atoms with Crippen molar-refractivity contribution in [2.45, 2.75) is 6.92 Å². The van der Waals surface area contributed by atoms with E-state index in [4.69, 9.17) is 4.42 Å². The molecule has 3 rings (SSSR count). The van der Waals surface area contributed by atoms with Crippen molar-refractivity contribution < 1.29 is 4.42 Å². The Morgan fingerprint density at radius 1 is 1.10 bits per heavy atom. The van der Waals surface area contributed by atoms with Crippen molar-refractivity contribution in [2.75, 3.05) is 5.33 Å². The van der Waals surface area contributed by atoms with E-state index in [9.17, 15) is 0 Å². The third kappa shape index (κ3) is 2.44. The first-order valence-corrected chi connectivity index (χ1v) is 7.73. The monoisotopic (exact) mass is 326 g/mol. The number of benzene rings is 2. The summed E-state index contributed by atoms with van der Waals surface area (Å²) in [5, 5.41) is 3.23. The van der Waals surface area contributed by atoms with Crippen molar-refractivity contribution in [3.8, 4) is 0 Å². The molecule has 0 saturated carbocycles. The fourth-order valence-corrected chi connectivity index (χ4v) is 2.55. The number of furan rings is 1. The van der Waals surface area contributed by atoms with Gasteiger partial charge in [0.05, 0.1) is 0 Å². The summed E-state index contributed by atoms with van der Waals surface area (Å²) in [5.74, 6) is 0. The van der Waals surface area contributed by atoms with Crippen LogP contribution in [0.1, 0.15) is 12.5 Å². The van der Waals surface area contributed by atoms with E-state index in [1.165, 1.54) is 21.9 Å². The van der Waals surface area contributed by atoms with E-state index in [1.54, 1.807) is 0 Å². The van der Waals surface area contributed by atoms with Gasteiger partial charge >= 0.3 is 0 Å². The zero-order chi connectivity index (χ0) is 13.9. The maximum Gasteiger partial charge on any atom is 0.135 e. The predicted octanol–water partition coefficient (Wildman–Crippen LogP) is 5.94. The third-order valence-electron chi connectivity index (χ3n) is 3.40. The first-order chi connectivity index (χ1) is 9.79. The lowest BCUT2D eigenvalue weighted by molar-refractivity contribution is 0.669. The molecular weight excluding hydrogens is 312 g/mol. The molecule has 0 amide bonds. The zero-order valence-corrected chi connectivity index (χ0v) is 12.9. The lowest BCUT2D eigenvalue weighted by Gasteiger charge is -2.00. The second kappa shape index (κ2) is 5.68. The maximum atomic E-state index is 5.85. The second-order valence-corrected chi connectivity index (χ2v) is 5.39. The number of allylic oxidation sites excluding steroid dienone is 4. The lowest BCUT2D eigenvalue weighted by atomic mass is 10.0. The van der Waals surface area contributed by atoms with Crippen LogP contribution < -0.4 is 0 Å². The van der Waals surface area contributed by atoms with Crippen molar-refractivity contribution >= 4 is 43.4 Å². The second-order valence-electron chi connectivity index (χ2n) is 4.74. The number of halogens is 1. The Labute approximate surface area is 126 Å². The Bertz CT molecular complexity index is 809. The third-order valence-corrected chi connectivity index (χ3v) is 3.78. The molecule has 0 fully saturated rings. The standard InChI is InChI=1S/C18H15BrO/c1-13(6-4-5-11-19)14-9-10-18-16(12-14)15-7-2-3-8-17(15)20-18/h2-10,12H,11H2,1H3/b5-4-,13-6+. The van der Waals surface area contributed by atoms with Crippen LogP contribution in [0.2, 0.25) is 0 Å². The largest absolute Gasteiger partial charge is 0.456 e. The van der Waals surface area contributed by atoms with Crippen LogP contribution in [0.25, 0.3) is 27.5 Å². The summed E-state index contributed by atoms with van der Waals surface area (Å²) in [4.78, 5) is 0. The minimum Gasteiger partial charge on any atom is -0.456 e. The van der Waals surface area contributed by atoms with Crippen molar-refractivity contribution in [1.82, 2.24) is 0 Å². The number of hydrogen-bond acceptors (Lipinski definition) is 1. The molecule has 0 bridgehead atoms. The highest BCUT2D eigenvalue weighted by Gasteiger charge is 2.07. The predicted molar refractivity (Wildman–Crippen MR) is 90.3 cm³/mol. The van der Waals surface area contributed by atoms with Gasteiger partial charge in [0, 0.05) is 16.1 Å². The molecule has 1 heterocycles. The number of rotatable bonds is 3. The van der Waals surface area contributed by atoms with Gasteiger partial charge in [-0.2, -0.15) is 0 Å². The van der Waals surface area contributed by atoms with Gasteiger partial charge in [-0.1, -0.05) is 58.4 Å². The molecule has 2 aromatic carbocycles. The molecule has 3 aromatic rings. The molecule has 0 spiro atoms. The summed E-state index contributed by atoms with van der Waals surface area (Å²) >= 11 is 3.38. The Morgan fingerprint density at radius 2 is 1.90 bits per heavy atom. The van der Waals surface area contributed by atoms with Gasteiger partial charge in [0.15, 0.2) is 0 Å². The molecule has 0 N–H and O–H groups in total. The highest BCUT2D eigenvalue weighted by molar-refractivity contribution is 9.09. The molecule has 1 nitrogen and oxygen atoms in total. The van der Waals surface area contributed by atoms with Crippen LogP contribution in [0.3, 0.4) is 0 Å². The molecule has 0 unspecified atom stereocenters. The van der Waals surface area contributed by atoms with Gasteiger partial charge in [0.2, 0.25) is 0 Å². The van der Waals surface area contributed by atoms with E-state index >= 15 is 0 Å². The zero-order valence-electron chi connectivity index (χ0n) is 11.3. The van der Waals surface area contributed by atoms with E-state index in [2.05, 4.69) is 65.3 Å². The van der Waals surface area contributed by atoms with Gasteiger partial charge in [0.25, 0.3) is 0 Å². The summed E-state index contributed by atoms with van der Waals surface area (Å²) in [5.41, 5.74) is 4.36. The molecule has 1 aromatic heterocycles. The minimum absolute atomic E-state index is 0.877. The Hall–Kier alpha value is -1.80. The Morgan fingerprint density at radius 3 is 2.75 bits per heavy atom. The molecule has 0 atom stereocenters. The van der Waals surface area contributed by atoms with E-state index in [0.29, 0.717) is 0 Å². The Kier molecular flexibility index (Phi) is 3.75. The van der Waals surface area contributed by atoms with Crippen molar-refractivity contribution in [2.24, 2.45) is 0 Å². The van der Waals surface area contributed by atoms with Gasteiger partial charge in [0.1, 0.15) is 11.2 Å². The van der Waals surface area contributed by atoms with E-state index in [1.807, 2.05) is 18.2 Å². The average Bonchev–Trinajstić information content (AvgIpc) is 2.85. The molecule has 20 heavy (non-hydrogen) atoms. The number of fused-ring (bicyclic) bond motifs is 3. The van der Waals surface area contributed by atoms with E-state index in [0.717, 1.165) is 16.5 Å². The summed E-state index contributed by atoms with van der Waals surface area (Å²) < 4.78 is 5.85. The van der Waals surface area contributed by atoms with Crippen LogP contribution in [-0.4, -0.2) is 5.33 Å². The Balaban J connectivity index is 2.12. The molecule has 100 valence electrons. The van der Waals surface area contributed by atoms with Gasteiger partial charge in [-0.3, -0.25) is 0 Å². The summed E-state index contributed by atoms with van der Waals surface area (Å²) in [6, 6.07) is 14.5. The highest BCUT2D eigenvalue weighted by atomic mass is 79.9. The minimum atomic E-state index is 0.877. The normalized spacial score (nSPS) is 12.8. The fraction of sp³-hybridized carbons (Fsp3) is 0.111. The summed E-state index contributed by atoms with van der Waals surface area (Å²) in [6.45, 7) is 2.13. The lowest BCUT2D eigenvalue weighted by Crippen LogP contribution is -1.78. The van der Waals surface area contributed by atoms with Gasteiger partial charge < -0.3 is 4.42 Å². The molecule has 2 heteroatoms. The SMILES string of the molecule is C/C(=C\C=C/CBr)c1ccc2oc3ccccc3c2c1. The smallest absolute Gasteiger partial charge is 0.135 e. The summed E-state index contributed by atoms with van der Waals surface area (Å²) in [7, 11) is 0. The number of para-hydroxylation sites is 1. The first-order valence-electron chi connectivity index (χ1n) is 6.60. The molecule has 0 aliphatic heterocycles. The van der Waals surface area contributed by atoms with Crippen LogP contribution in [0.5, 0.6) is 0 Å². The number of hydrogen-bond donors (Lipinski definition) is 0.